The summed E-state index contributed by atoms with van der Waals surface area (Å²) in [5.41, 5.74) is 0.111. The van der Waals surface area contributed by atoms with E-state index < -0.39 is 27.6 Å². The van der Waals surface area contributed by atoms with Gasteiger partial charge < -0.3 is 4.90 Å². The van der Waals surface area contributed by atoms with Crippen molar-refractivity contribution >= 4 is 27.5 Å². The van der Waals surface area contributed by atoms with Crippen LogP contribution >= 0.6 is 11.6 Å². The molecule has 0 saturated carbocycles. The van der Waals surface area contributed by atoms with Gasteiger partial charge in [-0.1, -0.05) is 31.5 Å². The molecule has 0 saturated heterocycles. The monoisotopic (exact) mass is 430 g/mol. The van der Waals surface area contributed by atoms with Crippen molar-refractivity contribution in [2.45, 2.75) is 25.3 Å². The summed E-state index contributed by atoms with van der Waals surface area (Å²) in [6, 6.07) is 6.98. The van der Waals surface area contributed by atoms with E-state index in [1.807, 2.05) is 0 Å². The van der Waals surface area contributed by atoms with Gasteiger partial charge in [-0.2, -0.15) is 4.31 Å². The highest BCUT2D eigenvalue weighted by molar-refractivity contribution is 7.89. The van der Waals surface area contributed by atoms with E-state index in [0.717, 1.165) is 12.1 Å². The molecule has 5 nitrogen and oxygen atoms in total. The fourth-order valence-electron chi connectivity index (χ4n) is 2.72. The quantitative estimate of drug-likeness (QED) is 0.669. The average molecular weight is 431 g/mol. The molecule has 0 heterocycles. The van der Waals surface area contributed by atoms with Crippen LogP contribution in [0.15, 0.2) is 41.3 Å². The minimum atomic E-state index is -3.77. The number of hydrogen-bond donors (Lipinski definition) is 0. The van der Waals surface area contributed by atoms with E-state index in [9.17, 15) is 22.0 Å². The molecule has 2 aromatic carbocycles. The molecular weight excluding hydrogens is 410 g/mol. The topological polar surface area (TPSA) is 57.7 Å². The molecule has 0 aromatic heterocycles. The number of halogens is 3. The summed E-state index contributed by atoms with van der Waals surface area (Å²) < 4.78 is 53.5. The lowest BCUT2D eigenvalue weighted by Gasteiger charge is -2.21. The smallest absolute Gasteiger partial charge is 0.255 e. The van der Waals surface area contributed by atoms with Crippen molar-refractivity contribution in [3.63, 3.8) is 0 Å². The molecule has 0 aliphatic heterocycles. The first-order valence-electron chi connectivity index (χ1n) is 8.60. The molecule has 0 atom stereocenters. The second-order valence-electron chi connectivity index (χ2n) is 6.13. The maximum absolute atomic E-state index is 13.9. The van der Waals surface area contributed by atoms with E-state index in [0.29, 0.717) is 0 Å². The predicted molar refractivity (Wildman–Crippen MR) is 104 cm³/mol. The molecule has 0 N–H and O–H groups in total. The van der Waals surface area contributed by atoms with Crippen molar-refractivity contribution < 1.29 is 22.0 Å². The van der Waals surface area contributed by atoms with Gasteiger partial charge in [0.2, 0.25) is 10.0 Å². The maximum Gasteiger partial charge on any atom is 0.255 e. The molecule has 2 rings (SSSR count). The largest absolute Gasteiger partial charge is 0.337 e. The molecule has 0 bridgehead atoms. The molecule has 0 fully saturated rings. The van der Waals surface area contributed by atoms with Gasteiger partial charge in [-0.05, 0) is 24.3 Å². The van der Waals surface area contributed by atoms with Gasteiger partial charge in [-0.3, -0.25) is 4.79 Å². The van der Waals surface area contributed by atoms with E-state index in [4.69, 9.17) is 11.6 Å². The van der Waals surface area contributed by atoms with Crippen molar-refractivity contribution in [3.05, 3.63) is 64.2 Å². The number of amides is 1. The van der Waals surface area contributed by atoms with Crippen LogP contribution in [0.1, 0.15) is 29.8 Å². The normalized spacial score (nSPS) is 11.7. The highest BCUT2D eigenvalue weighted by Gasteiger charge is 2.25. The Balaban J connectivity index is 2.34. The van der Waals surface area contributed by atoms with Crippen LogP contribution in [0.4, 0.5) is 8.78 Å². The van der Waals surface area contributed by atoms with Crippen LogP contribution in [0.25, 0.3) is 0 Å². The van der Waals surface area contributed by atoms with E-state index in [-0.39, 0.29) is 40.7 Å². The lowest BCUT2D eigenvalue weighted by atomic mass is 10.1. The Morgan fingerprint density at radius 3 is 2.29 bits per heavy atom. The van der Waals surface area contributed by atoms with E-state index in [1.165, 1.54) is 40.5 Å². The van der Waals surface area contributed by atoms with Crippen LogP contribution in [0.2, 0.25) is 5.02 Å². The molecular formula is C19H21ClF2N2O3S. The lowest BCUT2D eigenvalue weighted by molar-refractivity contribution is 0.0783. The Morgan fingerprint density at radius 1 is 1.07 bits per heavy atom. The first-order valence-corrected chi connectivity index (χ1v) is 10.4. The number of sulfonamides is 1. The third-order valence-electron chi connectivity index (χ3n) is 4.28. The minimum Gasteiger partial charge on any atom is -0.337 e. The second kappa shape index (κ2) is 8.98. The van der Waals surface area contributed by atoms with Crippen LogP contribution in [-0.4, -0.2) is 43.7 Å². The van der Waals surface area contributed by atoms with Gasteiger partial charge in [0.05, 0.1) is 15.5 Å². The highest BCUT2D eigenvalue weighted by atomic mass is 35.5. The number of carbonyl (C=O) groups is 1. The second-order valence-corrected chi connectivity index (χ2v) is 8.47. The zero-order valence-corrected chi connectivity index (χ0v) is 17.3. The summed E-state index contributed by atoms with van der Waals surface area (Å²) in [7, 11) is -2.34. The van der Waals surface area contributed by atoms with Crippen LogP contribution in [0, 0.1) is 11.6 Å². The molecule has 0 aliphatic rings. The fourth-order valence-corrected chi connectivity index (χ4v) is 4.41. The van der Waals surface area contributed by atoms with Crippen molar-refractivity contribution in [3.8, 4) is 0 Å². The standard InChI is InChI=1S/C19H21ClF2N2O3S/c1-4-24(5-2)28(26,27)15-8-9-17(20)16(11-15)19(25)23(3)12-13-6-7-14(21)10-18(13)22/h6-11H,4-5,12H2,1-3H3. The maximum atomic E-state index is 13.9. The zero-order valence-electron chi connectivity index (χ0n) is 15.7. The molecule has 0 radical (unpaired) electrons. The number of benzene rings is 2. The van der Waals surface area contributed by atoms with Crippen molar-refractivity contribution in [2.75, 3.05) is 20.1 Å². The van der Waals surface area contributed by atoms with Gasteiger partial charge in [0.25, 0.3) is 5.91 Å². The van der Waals surface area contributed by atoms with Gasteiger partial charge in [-0.25, -0.2) is 17.2 Å². The Bertz CT molecular complexity index is 979. The average Bonchev–Trinajstić information content (AvgIpc) is 2.64. The molecule has 9 heteroatoms. The van der Waals surface area contributed by atoms with Gasteiger partial charge in [0.1, 0.15) is 11.6 Å². The predicted octanol–water partition coefficient (Wildman–Crippen LogP) is 3.92. The molecule has 152 valence electrons. The number of rotatable bonds is 7. The summed E-state index contributed by atoms with van der Waals surface area (Å²) >= 11 is 6.11. The number of carbonyl (C=O) groups excluding carboxylic acids is 1. The molecule has 28 heavy (non-hydrogen) atoms. The van der Waals surface area contributed by atoms with E-state index in [1.54, 1.807) is 13.8 Å². The summed E-state index contributed by atoms with van der Waals surface area (Å²) in [4.78, 5) is 13.9. The van der Waals surface area contributed by atoms with Crippen molar-refractivity contribution in [2.24, 2.45) is 0 Å². The van der Waals surface area contributed by atoms with Crippen LogP contribution < -0.4 is 0 Å². The minimum absolute atomic E-state index is 0.0140. The summed E-state index contributed by atoms with van der Waals surface area (Å²) in [6.45, 7) is 3.87. The van der Waals surface area contributed by atoms with E-state index in [2.05, 4.69) is 0 Å². The van der Waals surface area contributed by atoms with Crippen LogP contribution in [-0.2, 0) is 16.6 Å². The van der Waals surface area contributed by atoms with E-state index >= 15 is 0 Å². The molecule has 2 aromatic rings. The van der Waals surface area contributed by atoms with Gasteiger partial charge >= 0.3 is 0 Å². The Kier molecular flexibility index (Phi) is 7.14. The number of nitrogens with zero attached hydrogens (tertiary/aromatic N) is 2. The third kappa shape index (κ3) is 4.68. The summed E-state index contributed by atoms with van der Waals surface area (Å²) in [6.07, 6.45) is 0. The van der Waals surface area contributed by atoms with Crippen LogP contribution in [0.3, 0.4) is 0 Å². The van der Waals surface area contributed by atoms with Gasteiger partial charge in [0.15, 0.2) is 0 Å². The number of hydrogen-bond acceptors (Lipinski definition) is 3. The Hall–Kier alpha value is -2.03. The molecule has 0 aliphatic carbocycles. The molecule has 0 spiro atoms. The molecule has 1 amide bonds. The van der Waals surface area contributed by atoms with Crippen LogP contribution in [0.5, 0.6) is 0 Å². The van der Waals surface area contributed by atoms with Crippen molar-refractivity contribution in [1.82, 2.24) is 9.21 Å². The molecule has 0 unspecified atom stereocenters. The SMILES string of the molecule is CCN(CC)S(=O)(=O)c1ccc(Cl)c(C(=O)N(C)Cc2ccc(F)cc2F)c1. The van der Waals surface area contributed by atoms with Gasteiger partial charge in [-0.15, -0.1) is 0 Å². The Labute approximate surface area is 168 Å². The lowest BCUT2D eigenvalue weighted by Crippen LogP contribution is -2.31. The Morgan fingerprint density at radius 2 is 1.71 bits per heavy atom. The highest BCUT2D eigenvalue weighted by Crippen LogP contribution is 2.24. The third-order valence-corrected chi connectivity index (χ3v) is 6.66. The fraction of sp³-hybridized carbons (Fsp3) is 0.316. The van der Waals surface area contributed by atoms with Gasteiger partial charge in [0, 0.05) is 38.3 Å². The zero-order chi connectivity index (χ0) is 21.1. The first kappa shape index (κ1) is 22.3. The first-order chi connectivity index (χ1) is 13.1. The van der Waals surface area contributed by atoms with Crippen molar-refractivity contribution in [1.29, 1.82) is 0 Å². The summed E-state index contributed by atoms with van der Waals surface area (Å²) in [5, 5.41) is 0.0786. The summed E-state index contributed by atoms with van der Waals surface area (Å²) in [5.74, 6) is -2.07.